The summed E-state index contributed by atoms with van der Waals surface area (Å²) in [6, 6.07) is 0. The Hall–Kier alpha value is -1.19. The second-order valence-electron chi connectivity index (χ2n) is 3.63. The van der Waals surface area contributed by atoms with E-state index in [0.717, 1.165) is 0 Å². The second-order valence-corrected chi connectivity index (χ2v) is 3.63. The minimum absolute atomic E-state index is 0.144. The van der Waals surface area contributed by atoms with E-state index in [1.807, 2.05) is 0 Å². The molecule has 0 saturated carbocycles. The molecule has 0 aliphatic heterocycles. The van der Waals surface area contributed by atoms with Crippen molar-refractivity contribution in [1.29, 1.82) is 0 Å². The molecule has 0 aliphatic rings. The third-order valence-electron chi connectivity index (χ3n) is 1.15. The molecule has 0 heterocycles. The maximum absolute atomic E-state index is 11.3. The number of rotatable bonds is 2. The predicted molar refractivity (Wildman–Crippen MR) is 49.9 cm³/mol. The van der Waals surface area contributed by atoms with Crippen molar-refractivity contribution in [2.45, 2.75) is 33.3 Å². The Bertz CT molecular complexity index is 248. The number of aliphatic imine (C=N–C) groups is 1. The number of ether oxygens (including phenoxy) is 1. The first-order valence-corrected chi connectivity index (χ1v) is 3.99. The minimum atomic E-state index is -0.664. The van der Waals surface area contributed by atoms with Crippen molar-refractivity contribution in [1.82, 2.24) is 0 Å². The summed E-state index contributed by atoms with van der Waals surface area (Å²) in [5.41, 5.74) is -0.738. The van der Waals surface area contributed by atoms with Crippen LogP contribution in [-0.4, -0.2) is 30.1 Å². The number of nitrogens with zero attached hydrogens (tertiary/aromatic N) is 1. The number of Topliss-reactive ketones (excluding diaryl/α,β-unsaturated/α-hetero) is 1. The third kappa shape index (κ3) is 4.40. The van der Waals surface area contributed by atoms with Crippen LogP contribution < -0.4 is 0 Å². The SMILES string of the molecule is C/N=C(/C(C)=O)C(=O)OC(C)(C)C. The first kappa shape index (κ1) is 11.8. The Kier molecular flexibility index (Phi) is 3.78. The summed E-state index contributed by atoms with van der Waals surface area (Å²) in [5.74, 6) is -1.04. The van der Waals surface area contributed by atoms with Crippen LogP contribution in [0.3, 0.4) is 0 Å². The van der Waals surface area contributed by atoms with Crippen molar-refractivity contribution in [2.75, 3.05) is 7.05 Å². The van der Waals surface area contributed by atoms with Gasteiger partial charge in [0.15, 0.2) is 11.5 Å². The van der Waals surface area contributed by atoms with Crippen LogP contribution in [-0.2, 0) is 14.3 Å². The lowest BCUT2D eigenvalue weighted by Crippen LogP contribution is -2.32. The van der Waals surface area contributed by atoms with E-state index in [1.54, 1.807) is 20.8 Å². The van der Waals surface area contributed by atoms with Gasteiger partial charge in [-0.1, -0.05) is 0 Å². The first-order valence-electron chi connectivity index (χ1n) is 3.99. The molecule has 0 aromatic carbocycles. The summed E-state index contributed by atoms with van der Waals surface area (Å²) in [7, 11) is 1.39. The molecule has 0 aromatic rings. The molecule has 0 aliphatic carbocycles. The van der Waals surface area contributed by atoms with Crippen LogP contribution in [0.4, 0.5) is 0 Å². The van der Waals surface area contributed by atoms with Crippen LogP contribution in [0.1, 0.15) is 27.7 Å². The summed E-state index contributed by atoms with van der Waals surface area (Å²) in [5, 5.41) is 0. The van der Waals surface area contributed by atoms with Crippen LogP contribution in [0.25, 0.3) is 0 Å². The van der Waals surface area contributed by atoms with E-state index >= 15 is 0 Å². The van der Waals surface area contributed by atoms with Crippen molar-refractivity contribution in [3.05, 3.63) is 0 Å². The summed E-state index contributed by atoms with van der Waals surface area (Å²) < 4.78 is 4.96. The molecule has 4 nitrogen and oxygen atoms in total. The standard InChI is InChI=1S/C9H15NO3/c1-6(11)7(10-5)8(12)13-9(2,3)4/h1-5H3/b10-7-. The zero-order valence-electron chi connectivity index (χ0n) is 8.67. The molecule has 0 spiro atoms. The molecular weight excluding hydrogens is 170 g/mol. The lowest BCUT2D eigenvalue weighted by Gasteiger charge is -2.19. The number of hydrogen-bond donors (Lipinski definition) is 0. The van der Waals surface area contributed by atoms with Crippen LogP contribution >= 0.6 is 0 Å². The lowest BCUT2D eigenvalue weighted by atomic mass is 10.2. The number of esters is 1. The number of hydrogen-bond acceptors (Lipinski definition) is 4. The van der Waals surface area contributed by atoms with Gasteiger partial charge in [-0.05, 0) is 20.8 Å². The van der Waals surface area contributed by atoms with Crippen LogP contribution in [0.5, 0.6) is 0 Å². The zero-order chi connectivity index (χ0) is 10.6. The normalized spacial score (nSPS) is 12.5. The van der Waals surface area contributed by atoms with E-state index in [4.69, 9.17) is 4.74 Å². The molecule has 0 bridgehead atoms. The largest absolute Gasteiger partial charge is 0.455 e. The van der Waals surface area contributed by atoms with Crippen molar-refractivity contribution in [2.24, 2.45) is 4.99 Å². The number of carbonyl (C=O) groups excluding carboxylic acids is 2. The van der Waals surface area contributed by atoms with Gasteiger partial charge in [-0.2, -0.15) is 0 Å². The van der Waals surface area contributed by atoms with Gasteiger partial charge < -0.3 is 4.74 Å². The minimum Gasteiger partial charge on any atom is -0.455 e. The van der Waals surface area contributed by atoms with E-state index in [1.165, 1.54) is 14.0 Å². The van der Waals surface area contributed by atoms with Crippen molar-refractivity contribution in [3.8, 4) is 0 Å². The Morgan fingerprint density at radius 3 is 1.92 bits per heavy atom. The van der Waals surface area contributed by atoms with Gasteiger partial charge >= 0.3 is 5.97 Å². The highest BCUT2D eigenvalue weighted by Gasteiger charge is 2.23. The zero-order valence-corrected chi connectivity index (χ0v) is 8.67. The van der Waals surface area contributed by atoms with Crippen molar-refractivity contribution < 1.29 is 14.3 Å². The topological polar surface area (TPSA) is 55.7 Å². The van der Waals surface area contributed by atoms with E-state index in [0.29, 0.717) is 0 Å². The van der Waals surface area contributed by atoms with E-state index < -0.39 is 11.6 Å². The quantitative estimate of drug-likeness (QED) is 0.366. The van der Waals surface area contributed by atoms with Crippen molar-refractivity contribution in [3.63, 3.8) is 0 Å². The van der Waals surface area contributed by atoms with Gasteiger partial charge in [0.05, 0.1) is 0 Å². The molecule has 0 N–H and O–H groups in total. The monoisotopic (exact) mass is 185 g/mol. The van der Waals surface area contributed by atoms with Gasteiger partial charge in [0.25, 0.3) is 0 Å². The van der Waals surface area contributed by atoms with Gasteiger partial charge in [-0.25, -0.2) is 4.79 Å². The van der Waals surface area contributed by atoms with Gasteiger partial charge in [0, 0.05) is 14.0 Å². The molecule has 13 heavy (non-hydrogen) atoms. The molecule has 0 amide bonds. The van der Waals surface area contributed by atoms with E-state index in [-0.39, 0.29) is 11.5 Å². The van der Waals surface area contributed by atoms with Crippen LogP contribution in [0, 0.1) is 0 Å². The van der Waals surface area contributed by atoms with E-state index in [2.05, 4.69) is 4.99 Å². The molecule has 4 heteroatoms. The fourth-order valence-corrected chi connectivity index (χ4v) is 0.719. The molecule has 0 saturated heterocycles. The fourth-order valence-electron chi connectivity index (χ4n) is 0.719. The smallest absolute Gasteiger partial charge is 0.360 e. The van der Waals surface area contributed by atoms with E-state index in [9.17, 15) is 9.59 Å². The van der Waals surface area contributed by atoms with Crippen molar-refractivity contribution >= 4 is 17.5 Å². The predicted octanol–water partition coefficient (Wildman–Crippen LogP) is 0.988. The molecule has 0 rings (SSSR count). The van der Waals surface area contributed by atoms with Gasteiger partial charge in [0.1, 0.15) is 5.60 Å². The summed E-state index contributed by atoms with van der Waals surface area (Å²) >= 11 is 0. The lowest BCUT2D eigenvalue weighted by molar-refractivity contribution is -0.146. The number of ketones is 1. The molecular formula is C9H15NO3. The molecule has 0 fully saturated rings. The molecule has 0 radical (unpaired) electrons. The molecule has 0 aromatic heterocycles. The number of carbonyl (C=O) groups is 2. The highest BCUT2D eigenvalue weighted by molar-refractivity contribution is 6.64. The average Bonchev–Trinajstić information content (AvgIpc) is 1.82. The first-order chi connectivity index (χ1) is 5.78. The highest BCUT2D eigenvalue weighted by Crippen LogP contribution is 2.07. The Labute approximate surface area is 78.0 Å². The summed E-state index contributed by atoms with van der Waals surface area (Å²) in [4.78, 5) is 25.7. The Balaban J connectivity index is 4.52. The Morgan fingerprint density at radius 2 is 1.69 bits per heavy atom. The second kappa shape index (κ2) is 4.16. The summed E-state index contributed by atoms with van der Waals surface area (Å²) in [6.45, 7) is 6.49. The summed E-state index contributed by atoms with van der Waals surface area (Å²) in [6.07, 6.45) is 0. The highest BCUT2D eigenvalue weighted by atomic mass is 16.6. The van der Waals surface area contributed by atoms with Crippen LogP contribution in [0.2, 0.25) is 0 Å². The molecule has 0 atom stereocenters. The third-order valence-corrected chi connectivity index (χ3v) is 1.15. The van der Waals surface area contributed by atoms with Gasteiger partial charge in [-0.3, -0.25) is 9.79 Å². The van der Waals surface area contributed by atoms with Crippen LogP contribution in [0.15, 0.2) is 4.99 Å². The molecule has 0 unspecified atom stereocenters. The van der Waals surface area contributed by atoms with Gasteiger partial charge in [-0.15, -0.1) is 0 Å². The fraction of sp³-hybridized carbons (Fsp3) is 0.667. The maximum Gasteiger partial charge on any atom is 0.360 e. The average molecular weight is 185 g/mol. The maximum atomic E-state index is 11.3. The Morgan fingerprint density at radius 1 is 1.23 bits per heavy atom. The molecule has 74 valence electrons. The van der Waals surface area contributed by atoms with Gasteiger partial charge in [0.2, 0.25) is 0 Å².